The molecule has 1 rings (SSSR count). The molecule has 54 valence electrons. The van der Waals surface area contributed by atoms with Crippen molar-refractivity contribution in [3.63, 3.8) is 0 Å². The summed E-state index contributed by atoms with van der Waals surface area (Å²) in [6.07, 6.45) is 0. The van der Waals surface area contributed by atoms with Gasteiger partial charge in [0.1, 0.15) is 0 Å². The van der Waals surface area contributed by atoms with E-state index >= 15 is 0 Å². The first-order valence-corrected chi connectivity index (χ1v) is 3.86. The van der Waals surface area contributed by atoms with E-state index in [9.17, 15) is 0 Å². The molecule has 0 saturated heterocycles. The van der Waals surface area contributed by atoms with Gasteiger partial charge in [-0.2, -0.15) is 0 Å². The van der Waals surface area contributed by atoms with Crippen molar-refractivity contribution in [1.82, 2.24) is 0 Å². The predicted octanol–water partition coefficient (Wildman–Crippen LogP) is 3.96. The summed E-state index contributed by atoms with van der Waals surface area (Å²) < 4.78 is 0. The third kappa shape index (κ3) is 1.39. The number of hydrogen-bond donors (Lipinski definition) is 0. The average Bonchev–Trinajstić information content (AvgIpc) is 1.93. The molecule has 0 bridgehead atoms. The Morgan fingerprint density at radius 3 is 2.10 bits per heavy atom. The van der Waals surface area contributed by atoms with Gasteiger partial charge >= 0.3 is 0 Å². The maximum Gasteiger partial charge on any atom is 0.0781 e. The Labute approximate surface area is 74.7 Å². The van der Waals surface area contributed by atoms with E-state index in [1.165, 1.54) is 0 Å². The molecule has 0 spiro atoms. The van der Waals surface area contributed by atoms with Crippen molar-refractivity contribution >= 4 is 34.8 Å². The van der Waals surface area contributed by atoms with Crippen LogP contribution in [0.5, 0.6) is 0 Å². The van der Waals surface area contributed by atoms with E-state index in [-0.39, 0.29) is 0 Å². The smallest absolute Gasteiger partial charge is 0.0781 e. The van der Waals surface area contributed by atoms with Gasteiger partial charge in [0.15, 0.2) is 0 Å². The van der Waals surface area contributed by atoms with Crippen molar-refractivity contribution in [2.45, 2.75) is 6.92 Å². The number of halogens is 3. The highest BCUT2D eigenvalue weighted by Crippen LogP contribution is 2.31. The zero-order valence-corrected chi connectivity index (χ0v) is 7.56. The Hall–Kier alpha value is 0.0900. The van der Waals surface area contributed by atoms with Gasteiger partial charge in [-0.1, -0.05) is 40.9 Å². The molecular weight excluding hydrogens is 190 g/mol. The maximum absolute atomic E-state index is 5.77. The third-order valence-electron chi connectivity index (χ3n) is 1.23. The van der Waals surface area contributed by atoms with E-state index < -0.39 is 0 Å². The van der Waals surface area contributed by atoms with Crippen molar-refractivity contribution in [3.8, 4) is 0 Å². The van der Waals surface area contributed by atoms with Crippen LogP contribution in [0.4, 0.5) is 0 Å². The molecule has 3 heteroatoms. The third-order valence-corrected chi connectivity index (χ3v) is 2.62. The van der Waals surface area contributed by atoms with Crippen LogP contribution in [0.3, 0.4) is 0 Å². The predicted molar refractivity (Wildman–Crippen MR) is 46.2 cm³/mol. The molecule has 0 unspecified atom stereocenters. The summed E-state index contributed by atoms with van der Waals surface area (Å²) in [6, 6.07) is 3.56. The molecule has 1 aromatic rings. The van der Waals surface area contributed by atoms with Gasteiger partial charge in [-0.3, -0.25) is 0 Å². The maximum atomic E-state index is 5.77. The van der Waals surface area contributed by atoms with E-state index in [0.717, 1.165) is 5.56 Å². The fourth-order valence-electron chi connectivity index (χ4n) is 0.622. The normalized spacial score (nSPS) is 10.0. The highest BCUT2D eigenvalue weighted by molar-refractivity contribution is 6.48. The van der Waals surface area contributed by atoms with Crippen molar-refractivity contribution in [1.29, 1.82) is 0 Å². The first-order chi connectivity index (χ1) is 4.63. The van der Waals surface area contributed by atoms with Crippen LogP contribution in [0.25, 0.3) is 0 Å². The second-order valence-electron chi connectivity index (χ2n) is 1.99. The van der Waals surface area contributed by atoms with Crippen molar-refractivity contribution < 1.29 is 0 Å². The summed E-state index contributed by atoms with van der Waals surface area (Å²) in [5, 5.41) is 1.47. The molecule has 0 saturated carbocycles. The molecule has 0 atom stereocenters. The monoisotopic (exact) mass is 194 g/mol. The largest absolute Gasteiger partial charge is 0.0827 e. The quantitative estimate of drug-likeness (QED) is 0.550. The number of benzene rings is 1. The fourth-order valence-corrected chi connectivity index (χ4v) is 1.21. The van der Waals surface area contributed by atoms with Gasteiger partial charge in [-0.05, 0) is 18.6 Å². The molecule has 1 aromatic carbocycles. The first-order valence-electron chi connectivity index (χ1n) is 2.73. The summed E-state index contributed by atoms with van der Waals surface area (Å²) in [5.74, 6) is 0. The van der Waals surface area contributed by atoms with Gasteiger partial charge in [0.05, 0.1) is 15.1 Å². The van der Waals surface area contributed by atoms with Crippen molar-refractivity contribution in [3.05, 3.63) is 32.8 Å². The minimum absolute atomic E-state index is 0.434. The Balaban J connectivity index is 3.34. The lowest BCUT2D eigenvalue weighted by molar-refractivity contribution is 1.47. The van der Waals surface area contributed by atoms with E-state index in [2.05, 4.69) is 0 Å². The van der Waals surface area contributed by atoms with Crippen LogP contribution < -0.4 is 0 Å². The molecule has 0 nitrogen and oxygen atoms in total. The fraction of sp³-hybridized carbons (Fsp3) is 0.143. The summed E-state index contributed by atoms with van der Waals surface area (Å²) in [5.41, 5.74) is 0.941. The molecule has 0 aromatic heterocycles. The van der Waals surface area contributed by atoms with Crippen LogP contribution >= 0.6 is 34.8 Å². The lowest BCUT2D eigenvalue weighted by Gasteiger charge is -2.00. The summed E-state index contributed by atoms with van der Waals surface area (Å²) in [7, 11) is 0. The summed E-state index contributed by atoms with van der Waals surface area (Å²) in [4.78, 5) is 0. The van der Waals surface area contributed by atoms with E-state index in [0.29, 0.717) is 15.1 Å². The number of rotatable bonds is 0. The van der Waals surface area contributed by atoms with Crippen LogP contribution in [0, 0.1) is 6.92 Å². The minimum atomic E-state index is 0.434. The zero-order valence-electron chi connectivity index (χ0n) is 5.29. The van der Waals surface area contributed by atoms with Gasteiger partial charge < -0.3 is 0 Å². The molecule has 0 aliphatic rings. The SMILES string of the molecule is Cc1ccc(Cl)c(Cl)c1Cl. The lowest BCUT2D eigenvalue weighted by atomic mass is 10.2. The zero-order chi connectivity index (χ0) is 7.72. The summed E-state index contributed by atoms with van der Waals surface area (Å²) in [6.45, 7) is 1.88. The van der Waals surface area contributed by atoms with Crippen LogP contribution in [-0.4, -0.2) is 0 Å². The van der Waals surface area contributed by atoms with Crippen LogP contribution in [0.1, 0.15) is 5.56 Å². The molecule has 0 N–H and O–H groups in total. The lowest BCUT2D eigenvalue weighted by Crippen LogP contribution is -1.76. The van der Waals surface area contributed by atoms with Crippen molar-refractivity contribution in [2.75, 3.05) is 0 Å². The molecule has 0 amide bonds. The average molecular weight is 195 g/mol. The Bertz CT molecular complexity index is 228. The van der Waals surface area contributed by atoms with E-state index in [1.54, 1.807) is 6.07 Å². The highest BCUT2D eigenvalue weighted by Gasteiger charge is 2.03. The number of aryl methyl sites for hydroxylation is 1. The second kappa shape index (κ2) is 3.00. The first kappa shape index (κ1) is 8.19. The minimum Gasteiger partial charge on any atom is -0.0827 e. The second-order valence-corrected chi connectivity index (χ2v) is 3.16. The molecule has 0 radical (unpaired) electrons. The molecule has 0 aliphatic heterocycles. The Kier molecular flexibility index (Phi) is 2.45. The van der Waals surface area contributed by atoms with Crippen LogP contribution in [0.2, 0.25) is 15.1 Å². The van der Waals surface area contributed by atoms with Gasteiger partial charge in [0.25, 0.3) is 0 Å². The topological polar surface area (TPSA) is 0 Å². The molecule has 0 fully saturated rings. The molecule has 10 heavy (non-hydrogen) atoms. The van der Waals surface area contributed by atoms with Gasteiger partial charge in [-0.25, -0.2) is 0 Å². The number of hydrogen-bond acceptors (Lipinski definition) is 0. The van der Waals surface area contributed by atoms with Gasteiger partial charge in [0, 0.05) is 0 Å². The standard InChI is InChI=1S/C7H5Cl3/c1-4-2-3-5(8)7(10)6(4)9/h2-3H,1H3. The van der Waals surface area contributed by atoms with Crippen LogP contribution in [-0.2, 0) is 0 Å². The Morgan fingerprint density at radius 2 is 1.60 bits per heavy atom. The van der Waals surface area contributed by atoms with Gasteiger partial charge in [0.2, 0.25) is 0 Å². The molecule has 0 heterocycles. The Morgan fingerprint density at radius 1 is 1.00 bits per heavy atom. The summed E-state index contributed by atoms with van der Waals surface area (Å²) >= 11 is 17.2. The van der Waals surface area contributed by atoms with E-state index in [4.69, 9.17) is 34.8 Å². The van der Waals surface area contributed by atoms with E-state index in [1.807, 2.05) is 13.0 Å². The van der Waals surface area contributed by atoms with Gasteiger partial charge in [-0.15, -0.1) is 0 Å². The molecular formula is C7H5Cl3. The van der Waals surface area contributed by atoms with Crippen LogP contribution in [0.15, 0.2) is 12.1 Å². The highest BCUT2D eigenvalue weighted by atomic mass is 35.5. The molecule has 0 aliphatic carbocycles. The van der Waals surface area contributed by atoms with Crippen molar-refractivity contribution in [2.24, 2.45) is 0 Å².